The standard InChI is InChI=1S/C20H25N3O2/c1-2-17(12-22-7-1)14-24-15-18-3-4-19-20(18)25-11-10-23(19)13-16-5-8-21-9-6-16/h1-2,5-9,12,18-20H,3-4,10-11,13-15H2/t18-,19-,20+/m0/s1. The molecule has 1 saturated heterocycles. The van der Waals surface area contributed by atoms with Gasteiger partial charge in [0.05, 0.1) is 25.9 Å². The second-order valence-corrected chi connectivity index (χ2v) is 6.94. The number of ether oxygens (including phenoxy) is 2. The molecule has 0 unspecified atom stereocenters. The summed E-state index contributed by atoms with van der Waals surface area (Å²) in [7, 11) is 0. The summed E-state index contributed by atoms with van der Waals surface area (Å²) < 4.78 is 12.1. The molecule has 0 spiro atoms. The zero-order valence-corrected chi connectivity index (χ0v) is 14.5. The van der Waals surface area contributed by atoms with Gasteiger partial charge in [-0.05, 0) is 42.2 Å². The van der Waals surface area contributed by atoms with Crippen LogP contribution in [0.3, 0.4) is 0 Å². The van der Waals surface area contributed by atoms with Crippen LogP contribution in [0.5, 0.6) is 0 Å². The first-order valence-corrected chi connectivity index (χ1v) is 9.11. The molecule has 2 aromatic heterocycles. The minimum Gasteiger partial charge on any atom is -0.376 e. The normalized spacial score (nSPS) is 26.5. The molecule has 3 heterocycles. The first-order chi connectivity index (χ1) is 12.4. The van der Waals surface area contributed by atoms with E-state index >= 15 is 0 Å². The maximum absolute atomic E-state index is 6.14. The Morgan fingerprint density at radius 2 is 2.00 bits per heavy atom. The van der Waals surface area contributed by atoms with E-state index in [1.165, 1.54) is 18.4 Å². The minimum atomic E-state index is 0.296. The predicted octanol–water partition coefficient (Wildman–Crippen LogP) is 2.67. The van der Waals surface area contributed by atoms with E-state index in [9.17, 15) is 0 Å². The monoisotopic (exact) mass is 339 g/mol. The number of fused-ring (bicyclic) bond motifs is 1. The van der Waals surface area contributed by atoms with Crippen molar-refractivity contribution in [1.82, 2.24) is 14.9 Å². The molecule has 3 atom stereocenters. The fourth-order valence-corrected chi connectivity index (χ4v) is 4.05. The Hall–Kier alpha value is -1.82. The van der Waals surface area contributed by atoms with Crippen molar-refractivity contribution in [3.63, 3.8) is 0 Å². The van der Waals surface area contributed by atoms with Gasteiger partial charge in [0.1, 0.15) is 0 Å². The Kier molecular flexibility index (Phi) is 5.35. The first kappa shape index (κ1) is 16.6. The van der Waals surface area contributed by atoms with Gasteiger partial charge < -0.3 is 9.47 Å². The van der Waals surface area contributed by atoms with Crippen molar-refractivity contribution in [2.75, 3.05) is 19.8 Å². The van der Waals surface area contributed by atoms with Crippen LogP contribution >= 0.6 is 0 Å². The highest BCUT2D eigenvalue weighted by Gasteiger charge is 2.42. The van der Waals surface area contributed by atoms with E-state index < -0.39 is 0 Å². The largest absolute Gasteiger partial charge is 0.376 e. The van der Waals surface area contributed by atoms with Gasteiger partial charge in [0, 0.05) is 49.8 Å². The molecule has 2 aliphatic rings. The summed E-state index contributed by atoms with van der Waals surface area (Å²) in [6.45, 7) is 4.19. The number of hydrogen-bond donors (Lipinski definition) is 0. The molecule has 2 aromatic rings. The van der Waals surface area contributed by atoms with E-state index in [1.54, 1.807) is 6.20 Å². The smallest absolute Gasteiger partial charge is 0.0781 e. The Balaban J connectivity index is 1.31. The van der Waals surface area contributed by atoms with Crippen LogP contribution in [0.4, 0.5) is 0 Å². The third-order valence-corrected chi connectivity index (χ3v) is 5.29. The summed E-state index contributed by atoms with van der Waals surface area (Å²) in [5.74, 6) is 0.488. The molecule has 5 heteroatoms. The molecule has 25 heavy (non-hydrogen) atoms. The number of morpholine rings is 1. The number of pyridine rings is 2. The topological polar surface area (TPSA) is 47.5 Å². The summed E-state index contributed by atoms with van der Waals surface area (Å²) in [5, 5.41) is 0. The SMILES string of the molecule is c1cncc(COC[C@@H]2CC[C@H]3[C@@H]2OCCN3Cc2ccncc2)c1. The highest BCUT2D eigenvalue weighted by atomic mass is 16.5. The molecule has 1 saturated carbocycles. The van der Waals surface area contributed by atoms with Gasteiger partial charge in [0.15, 0.2) is 0 Å². The summed E-state index contributed by atoms with van der Waals surface area (Å²) in [6.07, 6.45) is 10.1. The lowest BCUT2D eigenvalue weighted by molar-refractivity contribution is -0.0891. The number of aromatic nitrogens is 2. The highest BCUT2D eigenvalue weighted by Crippen LogP contribution is 2.35. The quantitative estimate of drug-likeness (QED) is 0.810. The molecule has 132 valence electrons. The van der Waals surface area contributed by atoms with Crippen LogP contribution in [0.25, 0.3) is 0 Å². The maximum atomic E-state index is 6.14. The lowest BCUT2D eigenvalue weighted by Crippen LogP contribution is -2.50. The molecule has 0 N–H and O–H groups in total. The summed E-state index contributed by atoms with van der Waals surface area (Å²) >= 11 is 0. The first-order valence-electron chi connectivity index (χ1n) is 9.11. The molecule has 4 rings (SSSR count). The molecule has 1 aliphatic heterocycles. The Labute approximate surface area is 149 Å². The Morgan fingerprint density at radius 1 is 1.08 bits per heavy atom. The number of nitrogens with zero attached hydrogens (tertiary/aromatic N) is 3. The molecule has 5 nitrogen and oxygen atoms in total. The van der Waals surface area contributed by atoms with E-state index in [-0.39, 0.29) is 0 Å². The van der Waals surface area contributed by atoms with Gasteiger partial charge >= 0.3 is 0 Å². The molecule has 0 bridgehead atoms. The van der Waals surface area contributed by atoms with Crippen molar-refractivity contribution in [2.24, 2.45) is 5.92 Å². The van der Waals surface area contributed by atoms with Gasteiger partial charge in [-0.3, -0.25) is 14.9 Å². The van der Waals surface area contributed by atoms with Crippen LogP contribution in [0, 0.1) is 5.92 Å². The van der Waals surface area contributed by atoms with Gasteiger partial charge in [-0.25, -0.2) is 0 Å². The van der Waals surface area contributed by atoms with Gasteiger partial charge in [-0.2, -0.15) is 0 Å². The van der Waals surface area contributed by atoms with Crippen LogP contribution in [-0.4, -0.2) is 46.8 Å². The van der Waals surface area contributed by atoms with E-state index in [0.717, 1.165) is 31.9 Å². The minimum absolute atomic E-state index is 0.296. The van der Waals surface area contributed by atoms with Crippen LogP contribution in [0.15, 0.2) is 49.1 Å². The van der Waals surface area contributed by atoms with Crippen LogP contribution < -0.4 is 0 Å². The van der Waals surface area contributed by atoms with E-state index in [2.05, 4.69) is 33.1 Å². The van der Waals surface area contributed by atoms with Crippen molar-refractivity contribution in [3.05, 3.63) is 60.2 Å². The lowest BCUT2D eigenvalue weighted by Gasteiger charge is -2.39. The predicted molar refractivity (Wildman–Crippen MR) is 94.8 cm³/mol. The van der Waals surface area contributed by atoms with Crippen molar-refractivity contribution in [1.29, 1.82) is 0 Å². The second kappa shape index (κ2) is 8.04. The molecule has 1 aliphatic carbocycles. The highest BCUT2D eigenvalue weighted by molar-refractivity contribution is 5.11. The van der Waals surface area contributed by atoms with E-state index in [4.69, 9.17) is 9.47 Å². The van der Waals surface area contributed by atoms with Crippen molar-refractivity contribution in [3.8, 4) is 0 Å². The second-order valence-electron chi connectivity index (χ2n) is 6.94. The Morgan fingerprint density at radius 3 is 2.84 bits per heavy atom. The molecular formula is C20H25N3O2. The summed E-state index contributed by atoms with van der Waals surface area (Å²) in [6, 6.07) is 8.72. The number of rotatable bonds is 6. The van der Waals surface area contributed by atoms with Crippen LogP contribution in [0.1, 0.15) is 24.0 Å². The maximum Gasteiger partial charge on any atom is 0.0781 e. The zero-order chi connectivity index (χ0) is 16.9. The van der Waals surface area contributed by atoms with E-state index in [0.29, 0.717) is 24.7 Å². The van der Waals surface area contributed by atoms with Gasteiger partial charge in [0.2, 0.25) is 0 Å². The lowest BCUT2D eigenvalue weighted by atomic mass is 10.0. The van der Waals surface area contributed by atoms with Gasteiger partial charge in [-0.15, -0.1) is 0 Å². The van der Waals surface area contributed by atoms with Gasteiger partial charge in [0.25, 0.3) is 0 Å². The van der Waals surface area contributed by atoms with Crippen molar-refractivity contribution >= 4 is 0 Å². The molecule has 0 amide bonds. The fourth-order valence-electron chi connectivity index (χ4n) is 4.05. The van der Waals surface area contributed by atoms with Crippen LogP contribution in [-0.2, 0) is 22.6 Å². The molecule has 2 fully saturated rings. The number of hydrogen-bond acceptors (Lipinski definition) is 5. The third-order valence-electron chi connectivity index (χ3n) is 5.29. The zero-order valence-electron chi connectivity index (χ0n) is 14.5. The van der Waals surface area contributed by atoms with Crippen LogP contribution in [0.2, 0.25) is 0 Å². The molecule has 0 radical (unpaired) electrons. The van der Waals surface area contributed by atoms with E-state index in [1.807, 2.05) is 24.7 Å². The van der Waals surface area contributed by atoms with Crippen molar-refractivity contribution in [2.45, 2.75) is 38.1 Å². The Bertz CT molecular complexity index is 653. The summed E-state index contributed by atoms with van der Waals surface area (Å²) in [4.78, 5) is 10.8. The molecule has 0 aromatic carbocycles. The average molecular weight is 339 g/mol. The van der Waals surface area contributed by atoms with Crippen molar-refractivity contribution < 1.29 is 9.47 Å². The summed E-state index contributed by atoms with van der Waals surface area (Å²) in [5.41, 5.74) is 2.45. The van der Waals surface area contributed by atoms with Gasteiger partial charge in [-0.1, -0.05) is 6.07 Å². The average Bonchev–Trinajstić information content (AvgIpc) is 3.08. The third kappa shape index (κ3) is 4.06. The molecular weight excluding hydrogens is 314 g/mol. The fraction of sp³-hybridized carbons (Fsp3) is 0.500.